The van der Waals surface area contributed by atoms with Crippen LogP contribution in [0.1, 0.15) is 46.0 Å². The second kappa shape index (κ2) is 4.68. The summed E-state index contributed by atoms with van der Waals surface area (Å²) in [5.74, 6) is 0. The van der Waals surface area contributed by atoms with Crippen molar-refractivity contribution in [1.82, 2.24) is 10.3 Å². The summed E-state index contributed by atoms with van der Waals surface area (Å²) in [7, 11) is 2.09. The van der Waals surface area contributed by atoms with Crippen LogP contribution < -0.4 is 5.32 Å². The Morgan fingerprint density at radius 2 is 2.00 bits per heavy atom. The van der Waals surface area contributed by atoms with Crippen LogP contribution in [0.2, 0.25) is 0 Å². The van der Waals surface area contributed by atoms with Gasteiger partial charge in [0.2, 0.25) is 0 Å². The van der Waals surface area contributed by atoms with Gasteiger partial charge in [-0.3, -0.25) is 0 Å². The summed E-state index contributed by atoms with van der Waals surface area (Å²) in [6.07, 6.45) is 7.33. The molecule has 2 aromatic rings. The fourth-order valence-electron chi connectivity index (χ4n) is 3.73. The molecular weight excluding hydrogens is 264 g/mol. The largest absolute Gasteiger partial charge is 0.305 e. The predicted molar refractivity (Wildman–Crippen MR) is 83.4 cm³/mol. The van der Waals surface area contributed by atoms with Gasteiger partial charge in [0.25, 0.3) is 0 Å². The summed E-state index contributed by atoms with van der Waals surface area (Å²) >= 11 is 1.95. The van der Waals surface area contributed by atoms with E-state index in [2.05, 4.69) is 36.6 Å². The van der Waals surface area contributed by atoms with Gasteiger partial charge >= 0.3 is 0 Å². The smallest absolute Gasteiger partial charge is 0.118 e. The lowest BCUT2D eigenvalue weighted by Crippen LogP contribution is -2.38. The molecule has 4 rings (SSSR count). The molecule has 2 nitrogen and oxygen atoms in total. The van der Waals surface area contributed by atoms with Crippen molar-refractivity contribution >= 4 is 11.3 Å². The Kier molecular flexibility index (Phi) is 2.93. The maximum atomic E-state index is 5.03. The molecule has 0 saturated carbocycles. The van der Waals surface area contributed by atoms with Gasteiger partial charge < -0.3 is 5.32 Å². The first-order valence-corrected chi connectivity index (χ1v) is 8.41. The lowest BCUT2D eigenvalue weighted by molar-refractivity contribution is 0.433. The van der Waals surface area contributed by atoms with Crippen LogP contribution in [0, 0.1) is 0 Å². The molecule has 0 radical (unpaired) electrons. The van der Waals surface area contributed by atoms with Crippen LogP contribution in [0.25, 0.3) is 0 Å². The van der Waals surface area contributed by atoms with E-state index in [1.165, 1.54) is 52.4 Å². The zero-order valence-corrected chi connectivity index (χ0v) is 12.7. The Morgan fingerprint density at radius 3 is 2.85 bits per heavy atom. The number of aromatic nitrogens is 1. The third kappa shape index (κ3) is 1.69. The lowest BCUT2D eigenvalue weighted by atomic mass is 9.92. The van der Waals surface area contributed by atoms with Crippen LogP contribution in [-0.2, 0) is 24.8 Å². The molecular formula is C17H20N2S. The van der Waals surface area contributed by atoms with Crippen LogP contribution >= 0.6 is 11.3 Å². The van der Waals surface area contributed by atoms with Crippen molar-refractivity contribution in [3.05, 3.63) is 51.0 Å². The highest BCUT2D eigenvalue weighted by atomic mass is 32.1. The second-order valence-corrected chi connectivity index (χ2v) is 6.99. The van der Waals surface area contributed by atoms with Crippen molar-refractivity contribution in [2.45, 2.75) is 44.1 Å². The Morgan fingerprint density at radius 1 is 1.15 bits per heavy atom. The number of thiazole rings is 1. The first-order chi connectivity index (χ1) is 9.83. The fourth-order valence-corrected chi connectivity index (χ4v) is 5.12. The highest BCUT2D eigenvalue weighted by Gasteiger charge is 2.41. The predicted octanol–water partition coefficient (Wildman–Crippen LogP) is 3.43. The second-order valence-electron chi connectivity index (χ2n) is 5.91. The quantitative estimate of drug-likeness (QED) is 0.914. The normalized spacial score (nSPS) is 24.4. The number of aryl methyl sites for hydroxylation is 3. The molecule has 1 atom stereocenters. The molecule has 2 aliphatic carbocycles. The van der Waals surface area contributed by atoms with Crippen molar-refractivity contribution in [2.75, 3.05) is 7.05 Å². The number of rotatable bonds is 2. The van der Waals surface area contributed by atoms with E-state index >= 15 is 0 Å². The molecule has 1 heterocycles. The van der Waals surface area contributed by atoms with Gasteiger partial charge in [-0.1, -0.05) is 24.3 Å². The first kappa shape index (κ1) is 12.5. The van der Waals surface area contributed by atoms with Crippen LogP contribution in [0.5, 0.6) is 0 Å². The molecule has 0 amide bonds. The van der Waals surface area contributed by atoms with Crippen LogP contribution in [0.4, 0.5) is 0 Å². The van der Waals surface area contributed by atoms with Crippen molar-refractivity contribution in [2.24, 2.45) is 0 Å². The molecule has 3 heteroatoms. The summed E-state index contributed by atoms with van der Waals surface area (Å²) in [6, 6.07) is 8.85. The summed E-state index contributed by atoms with van der Waals surface area (Å²) < 4.78 is 0. The van der Waals surface area contributed by atoms with Crippen LogP contribution in [0.15, 0.2) is 24.3 Å². The average Bonchev–Trinajstić information content (AvgIpc) is 3.09. The number of nitrogens with one attached hydrogen (secondary N) is 1. The van der Waals surface area contributed by atoms with E-state index in [-0.39, 0.29) is 5.54 Å². The van der Waals surface area contributed by atoms with Gasteiger partial charge in [0.05, 0.1) is 11.2 Å². The molecule has 0 spiro atoms. The number of nitrogens with zero attached hydrogens (tertiary/aromatic N) is 1. The third-order valence-electron chi connectivity index (χ3n) is 4.88. The Bertz CT molecular complexity index is 623. The van der Waals surface area contributed by atoms with Crippen molar-refractivity contribution in [3.8, 4) is 0 Å². The molecule has 1 unspecified atom stereocenters. The minimum Gasteiger partial charge on any atom is -0.305 e. The SMILES string of the molecule is CNC1(c2nc3c(s2)CCCC3)CCc2ccccc21. The topological polar surface area (TPSA) is 24.9 Å². The molecule has 1 aromatic carbocycles. The monoisotopic (exact) mass is 284 g/mol. The fraction of sp³-hybridized carbons (Fsp3) is 0.471. The summed E-state index contributed by atoms with van der Waals surface area (Å²) in [4.78, 5) is 6.56. The number of fused-ring (bicyclic) bond motifs is 2. The number of hydrogen-bond donors (Lipinski definition) is 1. The van der Waals surface area contributed by atoms with Crippen molar-refractivity contribution in [1.29, 1.82) is 0 Å². The Hall–Kier alpha value is -1.19. The van der Waals surface area contributed by atoms with E-state index in [0.717, 1.165) is 12.8 Å². The number of hydrogen-bond acceptors (Lipinski definition) is 3. The van der Waals surface area contributed by atoms with Crippen molar-refractivity contribution in [3.63, 3.8) is 0 Å². The van der Waals surface area contributed by atoms with Crippen LogP contribution in [-0.4, -0.2) is 12.0 Å². The molecule has 0 bridgehead atoms. The minimum atomic E-state index is -0.0431. The van der Waals surface area contributed by atoms with Gasteiger partial charge in [0.1, 0.15) is 5.01 Å². The van der Waals surface area contributed by atoms with E-state index in [1.807, 2.05) is 11.3 Å². The van der Waals surface area contributed by atoms with E-state index in [4.69, 9.17) is 4.98 Å². The van der Waals surface area contributed by atoms with Gasteiger partial charge in [-0.05, 0) is 56.7 Å². The molecule has 20 heavy (non-hydrogen) atoms. The van der Waals surface area contributed by atoms with E-state index < -0.39 is 0 Å². The highest BCUT2D eigenvalue weighted by Crippen LogP contribution is 2.44. The summed E-state index contributed by atoms with van der Waals surface area (Å²) in [5.41, 5.74) is 4.25. The first-order valence-electron chi connectivity index (χ1n) is 7.60. The van der Waals surface area contributed by atoms with Crippen LogP contribution in [0.3, 0.4) is 0 Å². The Balaban J connectivity index is 1.85. The van der Waals surface area contributed by atoms with E-state index in [1.54, 1.807) is 0 Å². The van der Waals surface area contributed by atoms with Gasteiger partial charge in [0.15, 0.2) is 0 Å². The molecule has 1 N–H and O–H groups in total. The molecule has 2 aliphatic rings. The van der Waals surface area contributed by atoms with Gasteiger partial charge in [-0.25, -0.2) is 4.98 Å². The maximum absolute atomic E-state index is 5.03. The lowest BCUT2D eigenvalue weighted by Gasteiger charge is -2.27. The van der Waals surface area contributed by atoms with Gasteiger partial charge in [-0.2, -0.15) is 0 Å². The zero-order valence-electron chi connectivity index (χ0n) is 11.9. The highest BCUT2D eigenvalue weighted by molar-refractivity contribution is 7.12. The molecule has 0 aliphatic heterocycles. The third-order valence-corrected chi connectivity index (χ3v) is 6.20. The molecule has 0 fully saturated rings. The molecule has 1 aromatic heterocycles. The van der Waals surface area contributed by atoms with Gasteiger partial charge in [-0.15, -0.1) is 11.3 Å². The Labute approximate surface area is 124 Å². The summed E-state index contributed by atoms with van der Waals surface area (Å²) in [5, 5.41) is 4.90. The number of benzene rings is 1. The van der Waals surface area contributed by atoms with Crippen molar-refractivity contribution < 1.29 is 0 Å². The zero-order chi connectivity index (χ0) is 13.6. The van der Waals surface area contributed by atoms with E-state index in [9.17, 15) is 0 Å². The minimum absolute atomic E-state index is 0.0431. The summed E-state index contributed by atoms with van der Waals surface area (Å²) in [6.45, 7) is 0. The van der Waals surface area contributed by atoms with Gasteiger partial charge in [0, 0.05) is 4.88 Å². The molecule has 0 saturated heterocycles. The van der Waals surface area contributed by atoms with E-state index in [0.29, 0.717) is 0 Å². The standard InChI is InChI=1S/C17H20N2S/c1-18-17(11-10-12-6-2-3-7-13(12)17)16-19-14-8-4-5-9-15(14)20-16/h2-3,6-7,18H,4-5,8-11H2,1H3. The molecule has 104 valence electrons. The maximum Gasteiger partial charge on any atom is 0.118 e. The average molecular weight is 284 g/mol.